The topological polar surface area (TPSA) is 191 Å². The maximum atomic E-state index is 12.5. The van der Waals surface area contributed by atoms with Crippen LogP contribution >= 0.6 is 23.5 Å². The standard InChI is InChI=1S/C26H44N2O4S.C24H40N2O4S/c1-18(2)10-8-11-20(5)12-9-13-21(6)14-15-33-17-24(26(31)32)28-25(30)23(16-19(3)4)27-22(7)29;1-7-21(25-20(6)27)23(28)26-22(24(29)30)16-31-15-14-19(5)13-9-12-18(4)11-8-10-17(2)3/h10,12,14,19,23-24H,8-9,11,13,15-17H2,1-7H3,(H,27,29)(H,28,30)(H,31,32);10,12,14,21-22H,7-9,11,13,15-16H2,1-6H3,(H,25,27)(H,26,28)(H,29,30)/b20-12+,21-14+;18-12+,19-14+. The zero-order chi connectivity index (χ0) is 49.2. The Hall–Kier alpha value is -4.04. The van der Waals surface area contributed by atoms with Crippen molar-refractivity contribution in [2.24, 2.45) is 5.92 Å². The van der Waals surface area contributed by atoms with Crippen LogP contribution in [0.4, 0.5) is 0 Å². The number of rotatable bonds is 31. The molecule has 0 aliphatic heterocycles. The van der Waals surface area contributed by atoms with Crippen LogP contribution in [0, 0.1) is 5.92 Å². The Bertz CT molecular complexity index is 1640. The molecule has 64 heavy (non-hydrogen) atoms. The molecule has 364 valence electrons. The second-order valence-corrected chi connectivity index (χ2v) is 19.5. The minimum absolute atomic E-state index is 0.189. The van der Waals surface area contributed by atoms with Crippen molar-refractivity contribution in [1.29, 1.82) is 0 Å². The molecule has 0 bridgehead atoms. The maximum Gasteiger partial charge on any atom is 0.327 e. The molecule has 0 aliphatic carbocycles. The molecular formula is C50H84N4O8S2. The monoisotopic (exact) mass is 933 g/mol. The van der Waals surface area contributed by atoms with E-state index in [0.29, 0.717) is 24.3 Å². The molecular weight excluding hydrogens is 849 g/mol. The van der Waals surface area contributed by atoms with Gasteiger partial charge in [-0.2, -0.15) is 23.5 Å². The molecule has 0 heterocycles. The Balaban J connectivity index is 0. The van der Waals surface area contributed by atoms with Gasteiger partial charge in [0, 0.05) is 36.9 Å². The number of carboxylic acids is 2. The fourth-order valence-corrected chi connectivity index (χ4v) is 7.89. The van der Waals surface area contributed by atoms with E-state index in [4.69, 9.17) is 0 Å². The molecule has 0 fully saturated rings. The molecule has 6 N–H and O–H groups in total. The third kappa shape index (κ3) is 36.3. The van der Waals surface area contributed by atoms with E-state index in [1.165, 1.54) is 70.8 Å². The number of carbonyl (C=O) groups is 6. The number of carboxylic acid groups (broad SMARTS) is 2. The average Bonchev–Trinajstić information content (AvgIpc) is 3.18. The number of thioether (sulfide) groups is 2. The number of carbonyl (C=O) groups excluding carboxylic acids is 4. The van der Waals surface area contributed by atoms with Crippen LogP contribution in [0.25, 0.3) is 0 Å². The minimum atomic E-state index is -1.08. The van der Waals surface area contributed by atoms with Crippen LogP contribution < -0.4 is 21.3 Å². The minimum Gasteiger partial charge on any atom is -0.480 e. The number of nitrogens with one attached hydrogen (secondary N) is 4. The van der Waals surface area contributed by atoms with Crippen molar-refractivity contribution in [3.63, 3.8) is 0 Å². The Morgan fingerprint density at radius 3 is 1.11 bits per heavy atom. The van der Waals surface area contributed by atoms with Crippen LogP contribution in [0.2, 0.25) is 0 Å². The molecule has 14 heteroatoms. The summed E-state index contributed by atoms with van der Waals surface area (Å²) in [6, 6.07) is -3.42. The van der Waals surface area contributed by atoms with E-state index < -0.39 is 47.9 Å². The molecule has 0 aromatic carbocycles. The van der Waals surface area contributed by atoms with Crippen LogP contribution in [-0.2, 0) is 28.8 Å². The molecule has 0 rings (SSSR count). The van der Waals surface area contributed by atoms with E-state index in [-0.39, 0.29) is 29.2 Å². The van der Waals surface area contributed by atoms with Gasteiger partial charge in [-0.05, 0) is 126 Å². The molecule has 0 saturated carbocycles. The number of hydrogen-bond acceptors (Lipinski definition) is 8. The van der Waals surface area contributed by atoms with Crippen LogP contribution in [0.5, 0.6) is 0 Å². The molecule has 0 radical (unpaired) electrons. The lowest BCUT2D eigenvalue weighted by Crippen LogP contribution is -2.52. The zero-order valence-corrected chi connectivity index (χ0v) is 43.0. The lowest BCUT2D eigenvalue weighted by molar-refractivity contribution is -0.142. The fourth-order valence-electron chi connectivity index (χ4n) is 5.89. The number of allylic oxidation sites excluding steroid dienone is 10. The lowest BCUT2D eigenvalue weighted by Gasteiger charge is -2.22. The van der Waals surface area contributed by atoms with Gasteiger partial charge in [0.25, 0.3) is 0 Å². The summed E-state index contributed by atoms with van der Waals surface area (Å²) in [6.07, 6.45) is 22.5. The molecule has 0 saturated heterocycles. The summed E-state index contributed by atoms with van der Waals surface area (Å²) in [7, 11) is 0. The third-order valence-corrected chi connectivity index (χ3v) is 11.6. The van der Waals surface area contributed by atoms with Gasteiger partial charge in [-0.3, -0.25) is 19.2 Å². The Morgan fingerprint density at radius 2 is 0.797 bits per heavy atom. The molecule has 0 aromatic rings. The number of hydrogen-bond donors (Lipinski definition) is 6. The van der Waals surface area contributed by atoms with Gasteiger partial charge in [-0.25, -0.2) is 9.59 Å². The van der Waals surface area contributed by atoms with Crippen LogP contribution in [0.1, 0.15) is 154 Å². The van der Waals surface area contributed by atoms with E-state index in [0.717, 1.165) is 51.4 Å². The molecule has 0 aliphatic rings. The van der Waals surface area contributed by atoms with E-state index >= 15 is 0 Å². The highest BCUT2D eigenvalue weighted by Crippen LogP contribution is 2.15. The third-order valence-electron chi connectivity index (χ3n) is 9.65. The van der Waals surface area contributed by atoms with Gasteiger partial charge in [0.2, 0.25) is 23.6 Å². The quantitative estimate of drug-likeness (QED) is 0.0288. The largest absolute Gasteiger partial charge is 0.480 e. The van der Waals surface area contributed by atoms with Gasteiger partial charge in [0.05, 0.1) is 0 Å². The fraction of sp³-hybridized carbons (Fsp3) is 0.640. The first-order chi connectivity index (χ1) is 30.0. The molecule has 4 unspecified atom stereocenters. The highest BCUT2D eigenvalue weighted by Gasteiger charge is 2.27. The zero-order valence-electron chi connectivity index (χ0n) is 41.4. The van der Waals surface area contributed by atoms with Crippen molar-refractivity contribution < 1.29 is 39.0 Å². The van der Waals surface area contributed by atoms with Crippen LogP contribution in [0.15, 0.2) is 69.9 Å². The predicted molar refractivity (Wildman–Crippen MR) is 270 cm³/mol. The second kappa shape index (κ2) is 37.2. The van der Waals surface area contributed by atoms with Crippen molar-refractivity contribution in [3.05, 3.63) is 69.9 Å². The Morgan fingerprint density at radius 1 is 0.469 bits per heavy atom. The lowest BCUT2D eigenvalue weighted by atomic mass is 10.0. The van der Waals surface area contributed by atoms with Crippen molar-refractivity contribution in [1.82, 2.24) is 21.3 Å². The van der Waals surface area contributed by atoms with Gasteiger partial charge in [-0.1, -0.05) is 90.7 Å². The molecule has 12 nitrogen and oxygen atoms in total. The van der Waals surface area contributed by atoms with E-state index in [2.05, 4.69) is 113 Å². The summed E-state index contributed by atoms with van der Waals surface area (Å²) < 4.78 is 0. The number of aliphatic carboxylic acids is 2. The van der Waals surface area contributed by atoms with E-state index in [1.54, 1.807) is 6.92 Å². The highest BCUT2D eigenvalue weighted by atomic mass is 32.2. The molecule has 0 spiro atoms. The molecule has 4 amide bonds. The first kappa shape index (κ1) is 62.0. The van der Waals surface area contributed by atoms with Gasteiger partial charge in [0.15, 0.2) is 0 Å². The molecule has 4 atom stereocenters. The summed E-state index contributed by atoms with van der Waals surface area (Å²) >= 11 is 2.94. The normalized spacial score (nSPS) is 13.9. The van der Waals surface area contributed by atoms with Gasteiger partial charge in [0.1, 0.15) is 24.2 Å². The first-order valence-corrected chi connectivity index (χ1v) is 24.9. The van der Waals surface area contributed by atoms with Crippen molar-refractivity contribution in [3.8, 4) is 0 Å². The van der Waals surface area contributed by atoms with Gasteiger partial charge in [-0.15, -0.1) is 0 Å². The maximum absolute atomic E-state index is 12.5. The Labute approximate surface area is 394 Å². The van der Waals surface area contributed by atoms with Crippen molar-refractivity contribution in [2.75, 3.05) is 23.0 Å². The van der Waals surface area contributed by atoms with Crippen LogP contribution in [-0.4, -0.2) is 93.0 Å². The van der Waals surface area contributed by atoms with Crippen LogP contribution in [0.3, 0.4) is 0 Å². The summed E-state index contributed by atoms with van der Waals surface area (Å²) in [6.45, 7) is 25.3. The van der Waals surface area contributed by atoms with Crippen molar-refractivity contribution in [2.45, 2.75) is 178 Å². The summed E-state index contributed by atoms with van der Waals surface area (Å²) in [5.41, 5.74) is 8.07. The van der Waals surface area contributed by atoms with E-state index in [1.807, 2.05) is 13.8 Å². The second-order valence-electron chi connectivity index (χ2n) is 17.3. The molecule has 0 aromatic heterocycles. The number of amides is 4. The first-order valence-electron chi connectivity index (χ1n) is 22.6. The summed E-state index contributed by atoms with van der Waals surface area (Å²) in [4.78, 5) is 70.4. The van der Waals surface area contributed by atoms with Gasteiger partial charge < -0.3 is 31.5 Å². The van der Waals surface area contributed by atoms with E-state index in [9.17, 15) is 39.0 Å². The highest BCUT2D eigenvalue weighted by molar-refractivity contribution is 7.99. The summed E-state index contributed by atoms with van der Waals surface area (Å²) in [5.74, 6) is -1.59. The van der Waals surface area contributed by atoms with Crippen molar-refractivity contribution >= 4 is 59.1 Å². The predicted octanol–water partition coefficient (Wildman–Crippen LogP) is 9.88. The SMILES string of the molecule is CC(=O)NC(CC(C)C)C(=O)NC(CSC/C=C(\C)CC/C=C(\C)CCC=C(C)C)C(=O)O.CCC(NC(C)=O)C(=O)NC(CSC/C=C(\C)CC/C=C(\C)CCC=C(C)C)C(=O)O. The van der Waals surface area contributed by atoms with Gasteiger partial charge >= 0.3 is 11.9 Å². The average molecular weight is 933 g/mol. The Kier molecular flexibility index (Phi) is 36.1. The smallest absolute Gasteiger partial charge is 0.327 e. The summed E-state index contributed by atoms with van der Waals surface area (Å²) in [5, 5.41) is 29.1.